The van der Waals surface area contributed by atoms with E-state index in [1.54, 1.807) is 4.90 Å². The zero-order chi connectivity index (χ0) is 14.0. The second-order valence-electron chi connectivity index (χ2n) is 4.53. The third-order valence-electron chi connectivity index (χ3n) is 3.01. The number of pyridine rings is 1. The van der Waals surface area contributed by atoms with Crippen LogP contribution in [0.4, 0.5) is 5.69 Å². The second kappa shape index (κ2) is 5.44. The van der Waals surface area contributed by atoms with Crippen LogP contribution >= 0.6 is 11.6 Å². The Bertz CT molecular complexity index is 520. The molecule has 1 aliphatic heterocycles. The minimum atomic E-state index is -0.186. The van der Waals surface area contributed by atoms with E-state index in [4.69, 9.17) is 17.3 Å². The summed E-state index contributed by atoms with van der Waals surface area (Å²) in [5, 5.41) is 3.03. The van der Waals surface area contributed by atoms with E-state index >= 15 is 0 Å². The molecule has 0 bridgehead atoms. The van der Waals surface area contributed by atoms with Crippen LogP contribution in [-0.2, 0) is 4.79 Å². The summed E-state index contributed by atoms with van der Waals surface area (Å²) in [6.45, 7) is 2.53. The van der Waals surface area contributed by atoms with Crippen molar-refractivity contribution in [2.75, 3.05) is 18.8 Å². The molecule has 1 saturated heterocycles. The molecule has 0 spiro atoms. The first-order valence-corrected chi connectivity index (χ1v) is 6.32. The highest BCUT2D eigenvalue weighted by Crippen LogP contribution is 2.20. The molecule has 2 amide bonds. The third kappa shape index (κ3) is 3.14. The van der Waals surface area contributed by atoms with Crippen molar-refractivity contribution < 1.29 is 9.59 Å². The first-order chi connectivity index (χ1) is 8.97. The molecule has 0 saturated carbocycles. The maximum Gasteiger partial charge on any atom is 0.256 e. The van der Waals surface area contributed by atoms with E-state index in [2.05, 4.69) is 10.3 Å². The molecule has 1 fully saturated rings. The number of nitrogen functional groups attached to an aromatic ring is 1. The highest BCUT2D eigenvalue weighted by Gasteiger charge is 2.28. The van der Waals surface area contributed by atoms with Crippen molar-refractivity contribution in [3.05, 3.63) is 23.0 Å². The zero-order valence-corrected chi connectivity index (χ0v) is 11.3. The Hall–Kier alpha value is -1.82. The molecule has 7 heteroatoms. The summed E-state index contributed by atoms with van der Waals surface area (Å²) < 4.78 is 0. The fourth-order valence-electron chi connectivity index (χ4n) is 2.15. The molecule has 102 valence electrons. The van der Waals surface area contributed by atoms with E-state index in [1.165, 1.54) is 19.2 Å². The molecule has 1 aromatic rings. The highest BCUT2D eigenvalue weighted by molar-refractivity contribution is 6.29. The molecule has 0 aromatic carbocycles. The number of likely N-dealkylation sites (tertiary alicyclic amines) is 1. The van der Waals surface area contributed by atoms with Gasteiger partial charge in [-0.25, -0.2) is 4.98 Å². The van der Waals surface area contributed by atoms with Crippen LogP contribution in [0.3, 0.4) is 0 Å². The highest BCUT2D eigenvalue weighted by atomic mass is 35.5. The van der Waals surface area contributed by atoms with Gasteiger partial charge in [0.15, 0.2) is 0 Å². The Labute approximate surface area is 115 Å². The van der Waals surface area contributed by atoms with Crippen molar-refractivity contribution in [3.8, 4) is 0 Å². The van der Waals surface area contributed by atoms with Gasteiger partial charge < -0.3 is 16.0 Å². The first-order valence-electron chi connectivity index (χ1n) is 5.94. The largest absolute Gasteiger partial charge is 0.397 e. The fourth-order valence-corrected chi connectivity index (χ4v) is 2.30. The summed E-state index contributed by atoms with van der Waals surface area (Å²) >= 11 is 5.77. The Balaban J connectivity index is 2.09. The van der Waals surface area contributed by atoms with Crippen LogP contribution in [0.1, 0.15) is 23.7 Å². The van der Waals surface area contributed by atoms with Crippen LogP contribution in [0.5, 0.6) is 0 Å². The van der Waals surface area contributed by atoms with Gasteiger partial charge in [-0.3, -0.25) is 9.59 Å². The van der Waals surface area contributed by atoms with E-state index in [9.17, 15) is 9.59 Å². The van der Waals surface area contributed by atoms with Crippen LogP contribution in [0.2, 0.25) is 5.15 Å². The van der Waals surface area contributed by atoms with Gasteiger partial charge in [0.1, 0.15) is 5.15 Å². The van der Waals surface area contributed by atoms with Crippen LogP contribution in [0.15, 0.2) is 12.3 Å². The maximum atomic E-state index is 12.3. The van der Waals surface area contributed by atoms with Crippen LogP contribution < -0.4 is 11.1 Å². The predicted molar refractivity (Wildman–Crippen MR) is 71.8 cm³/mol. The van der Waals surface area contributed by atoms with Crippen LogP contribution in [-0.4, -0.2) is 40.8 Å². The number of nitrogens with zero attached hydrogens (tertiary/aromatic N) is 2. The summed E-state index contributed by atoms with van der Waals surface area (Å²) in [5.74, 6) is -0.277. The lowest BCUT2D eigenvalue weighted by Gasteiger charge is -2.17. The van der Waals surface area contributed by atoms with E-state index in [-0.39, 0.29) is 23.0 Å². The van der Waals surface area contributed by atoms with E-state index in [0.717, 1.165) is 6.42 Å². The minimum Gasteiger partial charge on any atom is -0.397 e. The standard InChI is InChI=1S/C12H15ClN4O2/c1-7(18)16-8-2-3-17(6-8)12(19)9-4-11(13)15-5-10(9)14/h4-5,8H,2-3,6,14H2,1H3,(H,16,18). The number of nitrogens with one attached hydrogen (secondary N) is 1. The second-order valence-corrected chi connectivity index (χ2v) is 4.92. The molecular formula is C12H15ClN4O2. The summed E-state index contributed by atoms with van der Waals surface area (Å²) in [4.78, 5) is 28.8. The van der Waals surface area contributed by atoms with E-state index < -0.39 is 0 Å². The molecule has 0 aliphatic carbocycles. The Morgan fingerprint density at radius 3 is 3.00 bits per heavy atom. The molecule has 2 heterocycles. The van der Waals surface area contributed by atoms with Crippen LogP contribution in [0, 0.1) is 0 Å². The number of halogens is 1. The lowest BCUT2D eigenvalue weighted by molar-refractivity contribution is -0.119. The average molecular weight is 283 g/mol. The van der Waals surface area contributed by atoms with Gasteiger partial charge in [-0.1, -0.05) is 11.6 Å². The van der Waals surface area contributed by atoms with Gasteiger partial charge in [0, 0.05) is 26.1 Å². The predicted octanol–water partition coefficient (Wildman–Crippen LogP) is 0.668. The Kier molecular flexibility index (Phi) is 3.90. The molecule has 2 rings (SSSR count). The summed E-state index contributed by atoms with van der Waals surface area (Å²) in [6.07, 6.45) is 2.11. The first kappa shape index (κ1) is 13.6. The molecule has 6 nitrogen and oxygen atoms in total. The monoisotopic (exact) mass is 282 g/mol. The van der Waals surface area contributed by atoms with E-state index in [1.807, 2.05) is 0 Å². The number of hydrogen-bond donors (Lipinski definition) is 2. The molecule has 1 aromatic heterocycles. The van der Waals surface area contributed by atoms with Gasteiger partial charge in [-0.05, 0) is 12.5 Å². The number of anilines is 1. The number of carbonyl (C=O) groups is 2. The Morgan fingerprint density at radius 1 is 1.58 bits per heavy atom. The molecular weight excluding hydrogens is 268 g/mol. The van der Waals surface area contributed by atoms with Gasteiger partial charge in [-0.15, -0.1) is 0 Å². The van der Waals surface area contributed by atoms with Crippen molar-refractivity contribution >= 4 is 29.1 Å². The molecule has 1 unspecified atom stereocenters. The van der Waals surface area contributed by atoms with E-state index in [0.29, 0.717) is 24.3 Å². The van der Waals surface area contributed by atoms with Crippen molar-refractivity contribution in [2.24, 2.45) is 0 Å². The number of hydrogen-bond acceptors (Lipinski definition) is 4. The minimum absolute atomic E-state index is 0.0000151. The van der Waals surface area contributed by atoms with Crippen molar-refractivity contribution in [2.45, 2.75) is 19.4 Å². The average Bonchev–Trinajstić information content (AvgIpc) is 2.79. The molecule has 1 aliphatic rings. The number of aromatic nitrogens is 1. The molecule has 0 radical (unpaired) electrons. The third-order valence-corrected chi connectivity index (χ3v) is 3.22. The van der Waals surface area contributed by atoms with Gasteiger partial charge in [0.2, 0.25) is 5.91 Å². The summed E-state index contributed by atoms with van der Waals surface area (Å²) in [6, 6.07) is 1.46. The quantitative estimate of drug-likeness (QED) is 0.780. The molecule has 3 N–H and O–H groups in total. The number of rotatable bonds is 2. The number of amides is 2. The van der Waals surface area contributed by atoms with Crippen molar-refractivity contribution in [1.29, 1.82) is 0 Å². The molecule has 1 atom stereocenters. The topological polar surface area (TPSA) is 88.3 Å². The zero-order valence-electron chi connectivity index (χ0n) is 10.5. The van der Waals surface area contributed by atoms with Gasteiger partial charge in [-0.2, -0.15) is 0 Å². The van der Waals surface area contributed by atoms with Crippen LogP contribution in [0.25, 0.3) is 0 Å². The van der Waals surface area contributed by atoms with Gasteiger partial charge in [0.05, 0.1) is 17.4 Å². The SMILES string of the molecule is CC(=O)NC1CCN(C(=O)c2cc(Cl)ncc2N)C1. The normalized spacial score (nSPS) is 18.4. The maximum absolute atomic E-state index is 12.3. The Morgan fingerprint density at radius 2 is 2.32 bits per heavy atom. The lowest BCUT2D eigenvalue weighted by Crippen LogP contribution is -2.37. The fraction of sp³-hybridized carbons (Fsp3) is 0.417. The van der Waals surface area contributed by atoms with Gasteiger partial charge >= 0.3 is 0 Å². The summed E-state index contributed by atoms with van der Waals surface area (Å²) in [5.41, 5.74) is 6.39. The molecule has 19 heavy (non-hydrogen) atoms. The van der Waals surface area contributed by atoms with Crippen molar-refractivity contribution in [1.82, 2.24) is 15.2 Å². The lowest BCUT2D eigenvalue weighted by atomic mass is 10.2. The van der Waals surface area contributed by atoms with Crippen molar-refractivity contribution in [3.63, 3.8) is 0 Å². The summed E-state index contributed by atoms with van der Waals surface area (Å²) in [7, 11) is 0. The number of nitrogens with two attached hydrogens (primary N) is 1. The number of carbonyl (C=O) groups excluding carboxylic acids is 2. The smallest absolute Gasteiger partial charge is 0.256 e. The van der Waals surface area contributed by atoms with Gasteiger partial charge in [0.25, 0.3) is 5.91 Å².